The second-order valence-electron chi connectivity index (χ2n) is 3.95. The Balaban J connectivity index is 1.95. The molecule has 0 fully saturated rings. The molecular formula is C16H12FNO. The first-order chi connectivity index (χ1) is 9.28. The van der Waals surface area contributed by atoms with E-state index in [9.17, 15) is 4.39 Å². The first kappa shape index (κ1) is 12.8. The van der Waals surface area contributed by atoms with Crippen LogP contribution in [0.3, 0.4) is 0 Å². The predicted octanol–water partition coefficient (Wildman–Crippen LogP) is 3.94. The van der Waals surface area contributed by atoms with Crippen LogP contribution in [0.25, 0.3) is 6.08 Å². The van der Waals surface area contributed by atoms with Crippen LogP contribution in [0.2, 0.25) is 0 Å². The topological polar surface area (TPSA) is 33.0 Å². The molecule has 2 nitrogen and oxygen atoms in total. The molecular weight excluding hydrogens is 241 g/mol. The molecule has 0 radical (unpaired) electrons. The molecule has 0 unspecified atom stereocenters. The Morgan fingerprint density at radius 2 is 1.74 bits per heavy atom. The van der Waals surface area contributed by atoms with Crippen molar-refractivity contribution < 1.29 is 9.13 Å². The number of hydrogen-bond donors (Lipinski definition) is 0. The Kier molecular flexibility index (Phi) is 4.30. The maximum Gasteiger partial charge on any atom is 0.123 e. The van der Waals surface area contributed by atoms with E-state index in [4.69, 9.17) is 10.00 Å². The van der Waals surface area contributed by atoms with Gasteiger partial charge >= 0.3 is 0 Å². The normalized spacial score (nSPS) is 10.3. The van der Waals surface area contributed by atoms with Crippen LogP contribution in [0.4, 0.5) is 4.39 Å². The monoisotopic (exact) mass is 253 g/mol. The molecule has 0 atom stereocenters. The third kappa shape index (κ3) is 3.97. The molecule has 0 amide bonds. The van der Waals surface area contributed by atoms with E-state index in [0.29, 0.717) is 6.61 Å². The third-order valence-corrected chi connectivity index (χ3v) is 2.55. The second kappa shape index (κ2) is 6.36. The van der Waals surface area contributed by atoms with Crippen molar-refractivity contribution in [3.8, 4) is 11.8 Å². The Bertz CT molecular complexity index is 594. The summed E-state index contributed by atoms with van der Waals surface area (Å²) in [5, 5.41) is 8.42. The van der Waals surface area contributed by atoms with E-state index in [2.05, 4.69) is 0 Å². The van der Waals surface area contributed by atoms with Gasteiger partial charge in [-0.2, -0.15) is 5.26 Å². The number of benzene rings is 2. The summed E-state index contributed by atoms with van der Waals surface area (Å²) in [6.07, 6.45) is 3.15. The summed E-state index contributed by atoms with van der Waals surface area (Å²) in [6, 6.07) is 15.6. The SMILES string of the molecule is N#C/C=C/c1ccc(OCc2ccc(F)cc2)cc1. The first-order valence-electron chi connectivity index (χ1n) is 5.81. The van der Waals surface area contributed by atoms with Gasteiger partial charge in [0.25, 0.3) is 0 Å². The second-order valence-corrected chi connectivity index (χ2v) is 3.95. The van der Waals surface area contributed by atoms with Gasteiger partial charge in [-0.1, -0.05) is 24.3 Å². The van der Waals surface area contributed by atoms with Gasteiger partial charge in [-0.15, -0.1) is 0 Å². The number of halogens is 1. The van der Waals surface area contributed by atoms with E-state index >= 15 is 0 Å². The lowest BCUT2D eigenvalue weighted by molar-refractivity contribution is 0.306. The lowest BCUT2D eigenvalue weighted by Crippen LogP contribution is -1.95. The van der Waals surface area contributed by atoms with Crippen molar-refractivity contribution in [3.05, 3.63) is 71.6 Å². The molecule has 0 saturated heterocycles. The van der Waals surface area contributed by atoms with Crippen LogP contribution in [0, 0.1) is 17.1 Å². The molecule has 0 spiro atoms. The molecule has 0 saturated carbocycles. The first-order valence-corrected chi connectivity index (χ1v) is 5.81. The molecule has 94 valence electrons. The molecule has 0 aliphatic rings. The molecule has 0 bridgehead atoms. The van der Waals surface area contributed by atoms with Crippen LogP contribution < -0.4 is 4.74 Å². The van der Waals surface area contributed by atoms with Gasteiger partial charge in [-0.3, -0.25) is 0 Å². The zero-order chi connectivity index (χ0) is 13.5. The van der Waals surface area contributed by atoms with E-state index in [1.54, 1.807) is 18.2 Å². The summed E-state index contributed by atoms with van der Waals surface area (Å²) in [5.74, 6) is 0.482. The number of rotatable bonds is 4. The van der Waals surface area contributed by atoms with Crippen molar-refractivity contribution in [1.82, 2.24) is 0 Å². The maximum atomic E-state index is 12.7. The van der Waals surface area contributed by atoms with E-state index in [-0.39, 0.29) is 5.82 Å². The highest BCUT2D eigenvalue weighted by atomic mass is 19.1. The molecule has 0 aliphatic carbocycles. The van der Waals surface area contributed by atoms with Crippen molar-refractivity contribution in [2.45, 2.75) is 6.61 Å². The zero-order valence-corrected chi connectivity index (χ0v) is 10.2. The van der Waals surface area contributed by atoms with Crippen LogP contribution in [-0.2, 0) is 6.61 Å². The van der Waals surface area contributed by atoms with E-state index in [1.807, 2.05) is 30.3 Å². The highest BCUT2D eigenvalue weighted by Crippen LogP contribution is 2.15. The van der Waals surface area contributed by atoms with E-state index < -0.39 is 0 Å². The molecule has 2 rings (SSSR count). The molecule has 2 aromatic rings. The lowest BCUT2D eigenvalue weighted by Gasteiger charge is -2.06. The summed E-state index contributed by atoms with van der Waals surface area (Å²) < 4.78 is 18.3. The number of nitrogens with zero attached hydrogens (tertiary/aromatic N) is 1. The fourth-order valence-corrected chi connectivity index (χ4v) is 1.56. The molecule has 0 heterocycles. The number of nitriles is 1. The van der Waals surface area contributed by atoms with Gasteiger partial charge in [0.15, 0.2) is 0 Å². The van der Waals surface area contributed by atoms with Gasteiger partial charge < -0.3 is 4.74 Å². The summed E-state index contributed by atoms with van der Waals surface area (Å²) in [7, 11) is 0. The minimum atomic E-state index is -0.252. The van der Waals surface area contributed by atoms with Crippen molar-refractivity contribution in [1.29, 1.82) is 5.26 Å². The molecule has 0 N–H and O–H groups in total. The van der Waals surface area contributed by atoms with Crippen molar-refractivity contribution in [3.63, 3.8) is 0 Å². The van der Waals surface area contributed by atoms with Crippen LogP contribution in [0.15, 0.2) is 54.6 Å². The zero-order valence-electron chi connectivity index (χ0n) is 10.2. The van der Waals surface area contributed by atoms with Gasteiger partial charge in [0.2, 0.25) is 0 Å². The van der Waals surface area contributed by atoms with E-state index in [1.165, 1.54) is 18.2 Å². The van der Waals surface area contributed by atoms with Crippen LogP contribution in [-0.4, -0.2) is 0 Å². The van der Waals surface area contributed by atoms with Crippen LogP contribution in [0.5, 0.6) is 5.75 Å². The van der Waals surface area contributed by atoms with Crippen LogP contribution in [0.1, 0.15) is 11.1 Å². The summed E-state index contributed by atoms with van der Waals surface area (Å²) in [6.45, 7) is 0.396. The highest BCUT2D eigenvalue weighted by molar-refractivity contribution is 5.52. The minimum absolute atomic E-state index is 0.252. The largest absolute Gasteiger partial charge is 0.489 e. The molecule has 2 aromatic carbocycles. The number of hydrogen-bond acceptors (Lipinski definition) is 2. The fourth-order valence-electron chi connectivity index (χ4n) is 1.56. The van der Waals surface area contributed by atoms with Gasteiger partial charge in [0.1, 0.15) is 18.2 Å². The van der Waals surface area contributed by atoms with Crippen LogP contribution >= 0.6 is 0 Å². The summed E-state index contributed by atoms with van der Waals surface area (Å²) >= 11 is 0. The molecule has 19 heavy (non-hydrogen) atoms. The Labute approximate surface area is 111 Å². The summed E-state index contributed by atoms with van der Waals surface area (Å²) in [5.41, 5.74) is 1.85. The summed E-state index contributed by atoms with van der Waals surface area (Å²) in [4.78, 5) is 0. The predicted molar refractivity (Wildman–Crippen MR) is 71.8 cm³/mol. The average molecular weight is 253 g/mol. The van der Waals surface area contributed by atoms with Crippen molar-refractivity contribution in [2.75, 3.05) is 0 Å². The lowest BCUT2D eigenvalue weighted by atomic mass is 10.2. The average Bonchev–Trinajstić information content (AvgIpc) is 2.46. The highest BCUT2D eigenvalue weighted by Gasteiger charge is 1.97. The van der Waals surface area contributed by atoms with E-state index in [0.717, 1.165) is 16.9 Å². The van der Waals surface area contributed by atoms with Gasteiger partial charge in [0, 0.05) is 6.08 Å². The number of allylic oxidation sites excluding steroid dienone is 1. The Morgan fingerprint density at radius 1 is 1.05 bits per heavy atom. The quantitative estimate of drug-likeness (QED) is 0.773. The third-order valence-electron chi connectivity index (χ3n) is 2.55. The minimum Gasteiger partial charge on any atom is -0.489 e. The molecule has 3 heteroatoms. The molecule has 0 aliphatic heterocycles. The Morgan fingerprint density at radius 3 is 2.37 bits per heavy atom. The standard InChI is InChI=1S/C16H12FNO/c17-15-7-3-14(4-8-15)12-19-16-9-5-13(6-10-16)2-1-11-18/h1-10H,12H2/b2-1+. The van der Waals surface area contributed by atoms with Gasteiger partial charge in [0.05, 0.1) is 6.07 Å². The van der Waals surface area contributed by atoms with Crippen molar-refractivity contribution >= 4 is 6.08 Å². The fraction of sp³-hybridized carbons (Fsp3) is 0.0625. The Hall–Kier alpha value is -2.60. The van der Waals surface area contributed by atoms with Gasteiger partial charge in [-0.25, -0.2) is 4.39 Å². The van der Waals surface area contributed by atoms with Gasteiger partial charge in [-0.05, 0) is 41.5 Å². The smallest absolute Gasteiger partial charge is 0.123 e. The molecule has 0 aromatic heterocycles. The maximum absolute atomic E-state index is 12.7. The van der Waals surface area contributed by atoms with Crippen molar-refractivity contribution in [2.24, 2.45) is 0 Å². The number of ether oxygens (including phenoxy) is 1.